The van der Waals surface area contributed by atoms with Gasteiger partial charge in [-0.3, -0.25) is 0 Å². The standard InChI is InChI=1S/C17H19BrClNO/c1-11(13-4-6-14(19)7-5-13)20(3)15-8-9-16(12(2)21)17(18)10-15/h4-12,21H,1-3H3/t11?,12-/m0/s1. The summed E-state index contributed by atoms with van der Waals surface area (Å²) in [6.45, 7) is 3.92. The molecule has 0 radical (unpaired) electrons. The molecule has 112 valence electrons. The third-order valence-corrected chi connectivity index (χ3v) is 4.71. The van der Waals surface area contributed by atoms with Crippen molar-refractivity contribution < 1.29 is 5.11 Å². The van der Waals surface area contributed by atoms with Gasteiger partial charge in [0.25, 0.3) is 0 Å². The second-order valence-corrected chi connectivity index (χ2v) is 6.51. The normalized spacial score (nSPS) is 13.8. The van der Waals surface area contributed by atoms with E-state index < -0.39 is 6.10 Å². The van der Waals surface area contributed by atoms with Crippen molar-refractivity contribution in [2.75, 3.05) is 11.9 Å². The fraction of sp³-hybridized carbons (Fsp3) is 0.294. The van der Waals surface area contributed by atoms with Crippen LogP contribution in [-0.2, 0) is 0 Å². The van der Waals surface area contributed by atoms with Crippen LogP contribution in [0.5, 0.6) is 0 Å². The molecule has 0 aromatic heterocycles. The van der Waals surface area contributed by atoms with Crippen LogP contribution < -0.4 is 4.90 Å². The lowest BCUT2D eigenvalue weighted by atomic mass is 10.1. The number of aliphatic hydroxyl groups is 1. The summed E-state index contributed by atoms with van der Waals surface area (Å²) < 4.78 is 0.921. The van der Waals surface area contributed by atoms with E-state index in [1.807, 2.05) is 42.5 Å². The molecule has 0 heterocycles. The Morgan fingerprint density at radius 3 is 2.24 bits per heavy atom. The molecule has 2 aromatic carbocycles. The number of rotatable bonds is 4. The van der Waals surface area contributed by atoms with Crippen LogP contribution in [0.2, 0.25) is 5.02 Å². The van der Waals surface area contributed by atoms with Gasteiger partial charge in [-0.1, -0.05) is 45.7 Å². The molecule has 2 rings (SSSR count). The highest BCUT2D eigenvalue weighted by atomic mass is 79.9. The predicted octanol–water partition coefficient (Wildman–Crippen LogP) is 5.35. The molecule has 4 heteroatoms. The third-order valence-electron chi connectivity index (χ3n) is 3.77. The summed E-state index contributed by atoms with van der Waals surface area (Å²) in [5, 5.41) is 10.4. The Labute approximate surface area is 139 Å². The molecule has 0 saturated heterocycles. The van der Waals surface area contributed by atoms with Crippen molar-refractivity contribution in [1.29, 1.82) is 0 Å². The average Bonchev–Trinajstić information content (AvgIpc) is 2.46. The highest BCUT2D eigenvalue weighted by Gasteiger charge is 2.14. The Kier molecular flexibility index (Phi) is 5.31. The summed E-state index contributed by atoms with van der Waals surface area (Å²) in [6, 6.07) is 14.2. The molecule has 0 saturated carbocycles. The Morgan fingerprint density at radius 2 is 1.71 bits per heavy atom. The first-order valence-corrected chi connectivity index (χ1v) is 8.03. The molecular weight excluding hydrogens is 350 g/mol. The van der Waals surface area contributed by atoms with Gasteiger partial charge in [0, 0.05) is 22.2 Å². The Morgan fingerprint density at radius 1 is 1.10 bits per heavy atom. The van der Waals surface area contributed by atoms with Gasteiger partial charge in [-0.15, -0.1) is 0 Å². The van der Waals surface area contributed by atoms with Crippen LogP contribution in [0.1, 0.15) is 37.1 Å². The average molecular weight is 369 g/mol. The molecule has 2 nitrogen and oxygen atoms in total. The largest absolute Gasteiger partial charge is 0.389 e. The molecule has 0 spiro atoms. The van der Waals surface area contributed by atoms with E-state index in [9.17, 15) is 5.11 Å². The molecule has 2 atom stereocenters. The van der Waals surface area contributed by atoms with Crippen LogP contribution in [0.4, 0.5) is 5.69 Å². The lowest BCUT2D eigenvalue weighted by Crippen LogP contribution is -2.21. The maximum atomic E-state index is 9.69. The predicted molar refractivity (Wildman–Crippen MR) is 93.0 cm³/mol. The van der Waals surface area contributed by atoms with Crippen LogP contribution in [0.15, 0.2) is 46.9 Å². The Hall–Kier alpha value is -1.03. The van der Waals surface area contributed by atoms with Crippen molar-refractivity contribution in [3.05, 3.63) is 63.1 Å². The fourth-order valence-electron chi connectivity index (χ4n) is 2.26. The SMILES string of the molecule is CC(c1ccc(Cl)cc1)N(C)c1ccc([C@H](C)O)c(Br)c1. The van der Waals surface area contributed by atoms with Gasteiger partial charge in [-0.2, -0.15) is 0 Å². The van der Waals surface area contributed by atoms with E-state index in [4.69, 9.17) is 11.6 Å². The van der Waals surface area contributed by atoms with E-state index in [-0.39, 0.29) is 6.04 Å². The van der Waals surface area contributed by atoms with Gasteiger partial charge >= 0.3 is 0 Å². The molecule has 1 unspecified atom stereocenters. The van der Waals surface area contributed by atoms with Gasteiger partial charge < -0.3 is 10.0 Å². The highest BCUT2D eigenvalue weighted by molar-refractivity contribution is 9.10. The summed E-state index contributed by atoms with van der Waals surface area (Å²) in [5.74, 6) is 0. The first kappa shape index (κ1) is 16.3. The first-order valence-electron chi connectivity index (χ1n) is 6.86. The molecule has 0 aliphatic heterocycles. The number of aliphatic hydroxyl groups excluding tert-OH is 1. The minimum atomic E-state index is -0.479. The van der Waals surface area contributed by atoms with E-state index >= 15 is 0 Å². The van der Waals surface area contributed by atoms with E-state index in [0.717, 1.165) is 20.7 Å². The number of anilines is 1. The minimum absolute atomic E-state index is 0.228. The quantitative estimate of drug-likeness (QED) is 0.786. The van der Waals surface area contributed by atoms with Gasteiger partial charge in [-0.25, -0.2) is 0 Å². The van der Waals surface area contributed by atoms with Crippen molar-refractivity contribution >= 4 is 33.2 Å². The molecule has 2 aromatic rings. The van der Waals surface area contributed by atoms with Crippen molar-refractivity contribution in [2.24, 2.45) is 0 Å². The van der Waals surface area contributed by atoms with Crippen molar-refractivity contribution in [1.82, 2.24) is 0 Å². The van der Waals surface area contributed by atoms with Gasteiger partial charge in [0.2, 0.25) is 0 Å². The summed E-state index contributed by atoms with van der Waals surface area (Å²) in [4.78, 5) is 2.19. The molecule has 0 aliphatic carbocycles. The maximum Gasteiger partial charge on any atom is 0.0772 e. The van der Waals surface area contributed by atoms with Gasteiger partial charge in [0.15, 0.2) is 0 Å². The topological polar surface area (TPSA) is 23.5 Å². The molecule has 0 amide bonds. The molecule has 0 aliphatic rings. The lowest BCUT2D eigenvalue weighted by molar-refractivity contribution is 0.198. The van der Waals surface area contributed by atoms with Gasteiger partial charge in [-0.05, 0) is 49.2 Å². The zero-order valence-corrected chi connectivity index (χ0v) is 14.7. The fourth-order valence-corrected chi connectivity index (χ4v) is 3.09. The smallest absolute Gasteiger partial charge is 0.0772 e. The Bertz CT molecular complexity index is 613. The van der Waals surface area contributed by atoms with Gasteiger partial charge in [0.1, 0.15) is 0 Å². The lowest BCUT2D eigenvalue weighted by Gasteiger charge is -2.28. The van der Waals surface area contributed by atoms with Crippen LogP contribution >= 0.6 is 27.5 Å². The van der Waals surface area contributed by atoms with E-state index in [1.165, 1.54) is 5.56 Å². The first-order chi connectivity index (χ1) is 9.90. The third kappa shape index (κ3) is 3.79. The van der Waals surface area contributed by atoms with Gasteiger partial charge in [0.05, 0.1) is 12.1 Å². The number of hydrogen-bond donors (Lipinski definition) is 1. The van der Waals surface area contributed by atoms with Crippen LogP contribution in [0.3, 0.4) is 0 Å². The number of nitrogens with zero attached hydrogens (tertiary/aromatic N) is 1. The second kappa shape index (κ2) is 6.82. The van der Waals surface area contributed by atoms with Crippen molar-refractivity contribution in [2.45, 2.75) is 26.0 Å². The van der Waals surface area contributed by atoms with Crippen LogP contribution in [0, 0.1) is 0 Å². The highest BCUT2D eigenvalue weighted by Crippen LogP contribution is 2.31. The summed E-state index contributed by atoms with van der Waals surface area (Å²) >= 11 is 9.46. The zero-order chi connectivity index (χ0) is 15.6. The van der Waals surface area contributed by atoms with E-state index in [2.05, 4.69) is 34.8 Å². The molecular formula is C17H19BrClNO. The summed E-state index contributed by atoms with van der Waals surface area (Å²) in [6.07, 6.45) is -0.479. The van der Waals surface area contributed by atoms with Crippen molar-refractivity contribution in [3.8, 4) is 0 Å². The molecule has 21 heavy (non-hydrogen) atoms. The molecule has 1 N–H and O–H groups in total. The monoisotopic (exact) mass is 367 g/mol. The Balaban J connectivity index is 2.25. The van der Waals surface area contributed by atoms with Crippen LogP contribution in [-0.4, -0.2) is 12.2 Å². The van der Waals surface area contributed by atoms with Crippen LogP contribution in [0.25, 0.3) is 0 Å². The maximum absolute atomic E-state index is 9.69. The number of benzene rings is 2. The number of hydrogen-bond acceptors (Lipinski definition) is 2. The molecule has 0 bridgehead atoms. The second-order valence-electron chi connectivity index (χ2n) is 5.22. The summed E-state index contributed by atoms with van der Waals surface area (Å²) in [5.41, 5.74) is 3.19. The minimum Gasteiger partial charge on any atom is -0.389 e. The number of halogens is 2. The molecule has 0 fully saturated rings. The van der Waals surface area contributed by atoms with E-state index in [1.54, 1.807) is 6.92 Å². The van der Waals surface area contributed by atoms with E-state index in [0.29, 0.717) is 0 Å². The summed E-state index contributed by atoms with van der Waals surface area (Å²) in [7, 11) is 2.06. The zero-order valence-electron chi connectivity index (χ0n) is 12.3. The van der Waals surface area contributed by atoms with Crippen molar-refractivity contribution in [3.63, 3.8) is 0 Å².